The summed E-state index contributed by atoms with van der Waals surface area (Å²) in [5, 5.41) is 3.50. The van der Waals surface area contributed by atoms with Crippen LogP contribution in [-0.4, -0.2) is 26.3 Å². The zero-order valence-corrected chi connectivity index (χ0v) is 11.1. The second-order valence-electron chi connectivity index (χ2n) is 5.05. The number of nitrogens with one attached hydrogen (secondary N) is 1. The van der Waals surface area contributed by atoms with Gasteiger partial charge in [0.1, 0.15) is 0 Å². The first-order valence-electron chi connectivity index (χ1n) is 6.73. The average molecular weight is 225 g/mol. The fourth-order valence-corrected chi connectivity index (χ4v) is 2.06. The Labute approximate surface area is 100 Å². The predicted octanol–water partition coefficient (Wildman–Crippen LogP) is 3.00. The maximum absolute atomic E-state index is 5.52. The lowest BCUT2D eigenvalue weighted by Gasteiger charge is -2.22. The second kappa shape index (κ2) is 7.86. The maximum Gasteiger partial charge on any atom is 0.0528 e. The molecule has 0 aromatic heterocycles. The van der Waals surface area contributed by atoms with Crippen molar-refractivity contribution in [3.63, 3.8) is 0 Å². The molecule has 1 aliphatic heterocycles. The predicted molar refractivity (Wildman–Crippen MR) is 69.6 cm³/mol. The third-order valence-electron chi connectivity index (χ3n) is 3.14. The zero-order valence-electron chi connectivity index (χ0n) is 11.1. The highest BCUT2D eigenvalue weighted by Crippen LogP contribution is 2.19. The minimum absolute atomic E-state index is 0.645. The summed E-state index contributed by atoms with van der Waals surface area (Å²) in [7, 11) is 0. The fourth-order valence-electron chi connectivity index (χ4n) is 2.06. The van der Waals surface area contributed by atoms with Crippen LogP contribution >= 0.6 is 0 Å². The molecule has 0 aromatic carbocycles. The number of hydrogen-bond acceptors (Lipinski definition) is 2. The Morgan fingerprint density at radius 1 is 1.50 bits per heavy atom. The van der Waals surface area contributed by atoms with Gasteiger partial charge in [-0.3, -0.25) is 0 Å². The smallest absolute Gasteiger partial charge is 0.0528 e. The normalized spacial score (nSPS) is 22.8. The number of rotatable bonds is 6. The van der Waals surface area contributed by atoms with E-state index in [-0.39, 0.29) is 0 Å². The fraction of sp³-hybridized carbons (Fsp3) is 0.857. The molecular weight excluding hydrogens is 198 g/mol. The molecule has 1 atom stereocenters. The zero-order chi connectivity index (χ0) is 11.8. The summed E-state index contributed by atoms with van der Waals surface area (Å²) in [5.41, 5.74) is 1.55. The van der Waals surface area contributed by atoms with Gasteiger partial charge in [0, 0.05) is 19.1 Å². The Morgan fingerprint density at radius 3 is 2.88 bits per heavy atom. The number of hydrogen-bond donors (Lipinski definition) is 1. The van der Waals surface area contributed by atoms with E-state index in [9.17, 15) is 0 Å². The van der Waals surface area contributed by atoms with Gasteiger partial charge in [-0.15, -0.1) is 0 Å². The summed E-state index contributed by atoms with van der Waals surface area (Å²) in [5.74, 6) is 1.29. The van der Waals surface area contributed by atoms with Crippen LogP contribution in [0.25, 0.3) is 0 Å². The molecule has 0 aliphatic carbocycles. The van der Waals surface area contributed by atoms with E-state index in [4.69, 9.17) is 4.74 Å². The molecule has 0 amide bonds. The Bertz CT molecular complexity index is 205. The molecule has 0 bridgehead atoms. The molecule has 0 saturated carbocycles. The second-order valence-corrected chi connectivity index (χ2v) is 5.05. The Morgan fingerprint density at radius 2 is 2.31 bits per heavy atom. The van der Waals surface area contributed by atoms with Crippen molar-refractivity contribution in [3.05, 3.63) is 11.6 Å². The van der Waals surface area contributed by atoms with E-state index in [1.807, 2.05) is 0 Å². The molecule has 1 unspecified atom stereocenters. The topological polar surface area (TPSA) is 21.3 Å². The molecule has 1 fully saturated rings. The van der Waals surface area contributed by atoms with Crippen molar-refractivity contribution in [2.24, 2.45) is 11.8 Å². The van der Waals surface area contributed by atoms with E-state index in [1.165, 1.54) is 19.3 Å². The summed E-state index contributed by atoms with van der Waals surface area (Å²) in [6.07, 6.45) is 6.17. The van der Waals surface area contributed by atoms with Gasteiger partial charge in [-0.1, -0.05) is 32.4 Å². The summed E-state index contributed by atoms with van der Waals surface area (Å²) in [6.45, 7) is 10.8. The molecule has 1 aliphatic rings. The van der Waals surface area contributed by atoms with Crippen LogP contribution in [0.5, 0.6) is 0 Å². The van der Waals surface area contributed by atoms with Crippen molar-refractivity contribution in [1.82, 2.24) is 5.32 Å². The quantitative estimate of drug-likeness (QED) is 0.554. The lowest BCUT2D eigenvalue weighted by Crippen LogP contribution is -2.22. The van der Waals surface area contributed by atoms with Crippen molar-refractivity contribution >= 4 is 0 Å². The molecule has 16 heavy (non-hydrogen) atoms. The van der Waals surface area contributed by atoms with E-state index in [1.54, 1.807) is 5.57 Å². The van der Waals surface area contributed by atoms with Crippen molar-refractivity contribution in [2.45, 2.75) is 40.0 Å². The Hall–Kier alpha value is -0.340. The van der Waals surface area contributed by atoms with Gasteiger partial charge in [-0.25, -0.2) is 0 Å². The van der Waals surface area contributed by atoms with Gasteiger partial charge in [0.05, 0.1) is 6.61 Å². The molecule has 0 spiro atoms. The average Bonchev–Trinajstić information content (AvgIpc) is 2.29. The van der Waals surface area contributed by atoms with Crippen LogP contribution in [0.15, 0.2) is 11.6 Å². The highest BCUT2D eigenvalue weighted by Gasteiger charge is 2.13. The van der Waals surface area contributed by atoms with Gasteiger partial charge in [0.25, 0.3) is 0 Å². The molecule has 1 N–H and O–H groups in total. The summed E-state index contributed by atoms with van der Waals surface area (Å²) < 4.78 is 5.52. The van der Waals surface area contributed by atoms with Crippen molar-refractivity contribution in [2.75, 3.05) is 26.3 Å². The monoisotopic (exact) mass is 225 g/mol. The van der Waals surface area contributed by atoms with Crippen LogP contribution in [0.2, 0.25) is 0 Å². The molecule has 1 rings (SSSR count). The standard InChI is InChI=1S/C14H27NO/c1-4-7-15-10-14(12(2)3)9-13-6-5-8-16-11-13/h9,12-13,15H,4-8,10-11H2,1-3H3/b14-9+. The first kappa shape index (κ1) is 13.7. The third-order valence-corrected chi connectivity index (χ3v) is 3.14. The van der Waals surface area contributed by atoms with Crippen molar-refractivity contribution in [3.8, 4) is 0 Å². The van der Waals surface area contributed by atoms with Crippen molar-refractivity contribution in [1.29, 1.82) is 0 Å². The van der Waals surface area contributed by atoms with Crippen LogP contribution < -0.4 is 5.32 Å². The lowest BCUT2D eigenvalue weighted by molar-refractivity contribution is 0.0706. The van der Waals surface area contributed by atoms with Gasteiger partial charge < -0.3 is 10.1 Å². The van der Waals surface area contributed by atoms with E-state index in [0.717, 1.165) is 26.3 Å². The van der Waals surface area contributed by atoms with Crippen LogP contribution in [0.3, 0.4) is 0 Å². The summed E-state index contributed by atoms with van der Waals surface area (Å²) in [6, 6.07) is 0. The van der Waals surface area contributed by atoms with Crippen LogP contribution in [0, 0.1) is 11.8 Å². The molecule has 2 nitrogen and oxygen atoms in total. The summed E-state index contributed by atoms with van der Waals surface area (Å²) >= 11 is 0. The van der Waals surface area contributed by atoms with Gasteiger partial charge >= 0.3 is 0 Å². The van der Waals surface area contributed by atoms with Gasteiger partial charge in [0.15, 0.2) is 0 Å². The minimum Gasteiger partial charge on any atom is -0.381 e. The molecule has 2 heteroatoms. The molecule has 1 saturated heterocycles. The van der Waals surface area contributed by atoms with Crippen LogP contribution in [0.1, 0.15) is 40.0 Å². The number of ether oxygens (including phenoxy) is 1. The third kappa shape index (κ3) is 5.13. The van der Waals surface area contributed by atoms with E-state index in [2.05, 4.69) is 32.2 Å². The van der Waals surface area contributed by atoms with E-state index >= 15 is 0 Å². The van der Waals surface area contributed by atoms with E-state index in [0.29, 0.717) is 11.8 Å². The first-order chi connectivity index (χ1) is 7.74. The SMILES string of the molecule is CCCNC/C(=C\C1CCCOC1)C(C)C. The minimum atomic E-state index is 0.645. The highest BCUT2D eigenvalue weighted by molar-refractivity contribution is 5.09. The lowest BCUT2D eigenvalue weighted by atomic mass is 9.94. The molecule has 1 heterocycles. The van der Waals surface area contributed by atoms with Crippen LogP contribution in [0.4, 0.5) is 0 Å². The van der Waals surface area contributed by atoms with Crippen molar-refractivity contribution < 1.29 is 4.74 Å². The van der Waals surface area contributed by atoms with Gasteiger partial charge in [-0.2, -0.15) is 0 Å². The van der Waals surface area contributed by atoms with Crippen LogP contribution in [-0.2, 0) is 4.74 Å². The molecule has 0 aromatic rings. The molecule has 0 radical (unpaired) electrons. The first-order valence-corrected chi connectivity index (χ1v) is 6.73. The summed E-state index contributed by atoms with van der Waals surface area (Å²) in [4.78, 5) is 0. The Kier molecular flexibility index (Phi) is 6.74. The highest BCUT2D eigenvalue weighted by atomic mass is 16.5. The maximum atomic E-state index is 5.52. The van der Waals surface area contributed by atoms with Gasteiger partial charge in [0.2, 0.25) is 0 Å². The van der Waals surface area contributed by atoms with E-state index < -0.39 is 0 Å². The molecular formula is C14H27NO. The van der Waals surface area contributed by atoms with Gasteiger partial charge in [-0.05, 0) is 31.7 Å². The largest absolute Gasteiger partial charge is 0.381 e. The molecule has 94 valence electrons. The Balaban J connectivity index is 2.43.